The first-order chi connectivity index (χ1) is 15.2. The SMILES string of the molecule is S=P1(c2ccccc2)c2ccccc2-c2cc3c(cc21)[nH]c1cc2ccccc2cc13. The zero-order chi connectivity index (χ0) is 20.6. The fourth-order valence-corrected chi connectivity index (χ4v) is 9.49. The molecule has 31 heavy (non-hydrogen) atoms. The first-order valence-corrected chi connectivity index (χ1v) is 13.3. The van der Waals surface area contributed by atoms with Crippen molar-refractivity contribution in [2.45, 2.75) is 0 Å². The quantitative estimate of drug-likeness (QED) is 0.306. The largest absolute Gasteiger partial charge is 0.354 e. The Morgan fingerprint density at radius 1 is 0.548 bits per heavy atom. The maximum atomic E-state index is 6.55. The summed E-state index contributed by atoms with van der Waals surface area (Å²) in [5.41, 5.74) is 4.94. The zero-order valence-electron chi connectivity index (χ0n) is 16.7. The van der Waals surface area contributed by atoms with Crippen LogP contribution in [0.15, 0.2) is 103 Å². The standard InChI is InChI=1S/C28H18NPS/c31-30(20-10-2-1-3-11-20)27-13-7-6-12-21(27)24-16-23-22-14-18-8-4-5-9-19(18)15-25(22)29-26(23)17-28(24)30/h1-17,29H. The minimum atomic E-state index is -2.08. The number of hydrogen-bond donors (Lipinski definition) is 1. The highest BCUT2D eigenvalue weighted by Crippen LogP contribution is 2.53. The van der Waals surface area contributed by atoms with Crippen LogP contribution < -0.4 is 15.9 Å². The molecular weight excluding hydrogens is 413 g/mol. The molecule has 7 rings (SSSR count). The average Bonchev–Trinajstić information content (AvgIpc) is 3.30. The van der Waals surface area contributed by atoms with E-state index in [1.54, 1.807) is 0 Å². The molecule has 0 saturated heterocycles. The molecule has 0 fully saturated rings. The Balaban J connectivity index is 1.61. The molecule has 1 aliphatic rings. The molecule has 1 nitrogen and oxygen atoms in total. The molecule has 0 aliphatic carbocycles. The van der Waals surface area contributed by atoms with Gasteiger partial charge in [-0.25, -0.2) is 0 Å². The Labute approximate surface area is 185 Å². The average molecular weight is 432 g/mol. The predicted octanol–water partition coefficient (Wildman–Crippen LogP) is 6.21. The van der Waals surface area contributed by atoms with Crippen LogP contribution in [0.1, 0.15) is 0 Å². The Morgan fingerprint density at radius 3 is 2.03 bits per heavy atom. The summed E-state index contributed by atoms with van der Waals surface area (Å²) in [5.74, 6) is 0. The number of hydrogen-bond acceptors (Lipinski definition) is 1. The van der Waals surface area contributed by atoms with E-state index >= 15 is 0 Å². The van der Waals surface area contributed by atoms with Gasteiger partial charge in [0.15, 0.2) is 0 Å². The summed E-state index contributed by atoms with van der Waals surface area (Å²) < 4.78 is 0. The molecule has 146 valence electrons. The van der Waals surface area contributed by atoms with Gasteiger partial charge in [0.2, 0.25) is 0 Å². The van der Waals surface area contributed by atoms with Crippen LogP contribution in [0.3, 0.4) is 0 Å². The minimum Gasteiger partial charge on any atom is -0.354 e. The number of fused-ring (bicyclic) bond motifs is 7. The molecule has 0 bridgehead atoms. The van der Waals surface area contributed by atoms with Crippen LogP contribution >= 0.6 is 6.04 Å². The van der Waals surface area contributed by atoms with Crippen molar-refractivity contribution in [3.05, 3.63) is 103 Å². The lowest BCUT2D eigenvalue weighted by Gasteiger charge is -2.19. The summed E-state index contributed by atoms with van der Waals surface area (Å²) in [6.45, 7) is 0. The van der Waals surface area contributed by atoms with Gasteiger partial charge in [0, 0.05) is 38.5 Å². The van der Waals surface area contributed by atoms with E-state index in [0.29, 0.717) is 0 Å². The number of nitrogens with one attached hydrogen (secondary N) is 1. The molecule has 5 aromatic carbocycles. The van der Waals surface area contributed by atoms with E-state index in [4.69, 9.17) is 11.8 Å². The van der Waals surface area contributed by atoms with E-state index in [-0.39, 0.29) is 0 Å². The van der Waals surface area contributed by atoms with Gasteiger partial charge in [-0.05, 0) is 51.5 Å². The maximum Gasteiger partial charge on any atom is 0.0472 e. The normalized spacial score (nSPS) is 17.3. The molecule has 0 saturated carbocycles. The lowest BCUT2D eigenvalue weighted by atomic mass is 10.0. The summed E-state index contributed by atoms with van der Waals surface area (Å²) in [5, 5.41) is 8.95. The van der Waals surface area contributed by atoms with Gasteiger partial charge in [0.1, 0.15) is 0 Å². The first kappa shape index (κ1) is 17.5. The molecule has 1 aliphatic heterocycles. The molecule has 0 amide bonds. The van der Waals surface area contributed by atoms with Gasteiger partial charge in [-0.3, -0.25) is 0 Å². The Kier molecular flexibility index (Phi) is 3.48. The second kappa shape index (κ2) is 6.17. The van der Waals surface area contributed by atoms with Gasteiger partial charge < -0.3 is 4.98 Å². The van der Waals surface area contributed by atoms with Crippen molar-refractivity contribution < 1.29 is 0 Å². The molecule has 1 unspecified atom stereocenters. The lowest BCUT2D eigenvalue weighted by molar-refractivity contribution is 1.56. The third-order valence-electron chi connectivity index (χ3n) is 6.57. The smallest absolute Gasteiger partial charge is 0.0472 e. The van der Waals surface area contributed by atoms with Crippen LogP contribution in [-0.2, 0) is 11.8 Å². The summed E-state index contributed by atoms with van der Waals surface area (Å²) in [6, 6.07) is 35.2. The molecule has 1 atom stereocenters. The van der Waals surface area contributed by atoms with Crippen LogP contribution in [-0.4, -0.2) is 4.98 Å². The number of rotatable bonds is 1. The van der Waals surface area contributed by atoms with Crippen molar-refractivity contribution in [1.82, 2.24) is 4.98 Å². The van der Waals surface area contributed by atoms with Gasteiger partial charge >= 0.3 is 0 Å². The van der Waals surface area contributed by atoms with E-state index in [2.05, 4.69) is 108 Å². The summed E-state index contributed by atoms with van der Waals surface area (Å²) in [7, 11) is 0. The fraction of sp³-hybridized carbons (Fsp3) is 0. The highest BCUT2D eigenvalue weighted by molar-refractivity contribution is 8.26. The Morgan fingerprint density at radius 2 is 1.19 bits per heavy atom. The fourth-order valence-electron chi connectivity index (χ4n) is 5.12. The van der Waals surface area contributed by atoms with Gasteiger partial charge in [-0.15, -0.1) is 0 Å². The number of H-pyrrole nitrogens is 1. The van der Waals surface area contributed by atoms with Gasteiger partial charge in [0.25, 0.3) is 0 Å². The minimum absolute atomic E-state index is 1.17. The van der Waals surface area contributed by atoms with Crippen LogP contribution in [0.2, 0.25) is 0 Å². The summed E-state index contributed by atoms with van der Waals surface area (Å²) in [4.78, 5) is 3.69. The van der Waals surface area contributed by atoms with Crippen molar-refractivity contribution in [3.8, 4) is 11.1 Å². The summed E-state index contributed by atoms with van der Waals surface area (Å²) >= 11 is 6.55. The molecule has 0 spiro atoms. The maximum absolute atomic E-state index is 6.55. The number of aromatic amines is 1. The highest BCUT2D eigenvalue weighted by atomic mass is 32.4. The first-order valence-electron chi connectivity index (χ1n) is 10.5. The highest BCUT2D eigenvalue weighted by Gasteiger charge is 2.36. The Hall–Kier alpha value is -3.19. The van der Waals surface area contributed by atoms with Crippen molar-refractivity contribution in [2.24, 2.45) is 0 Å². The van der Waals surface area contributed by atoms with Crippen molar-refractivity contribution in [2.75, 3.05) is 0 Å². The second-order valence-corrected chi connectivity index (χ2v) is 12.6. The van der Waals surface area contributed by atoms with Crippen LogP contribution in [0.5, 0.6) is 0 Å². The molecule has 2 heterocycles. The predicted molar refractivity (Wildman–Crippen MR) is 138 cm³/mol. The third kappa shape index (κ3) is 2.29. The van der Waals surface area contributed by atoms with E-state index in [0.717, 1.165) is 0 Å². The molecule has 1 aromatic heterocycles. The molecule has 0 radical (unpaired) electrons. The lowest BCUT2D eigenvalue weighted by Crippen LogP contribution is -2.20. The van der Waals surface area contributed by atoms with Crippen LogP contribution in [0, 0.1) is 0 Å². The zero-order valence-corrected chi connectivity index (χ0v) is 18.4. The van der Waals surface area contributed by atoms with Crippen LogP contribution in [0.4, 0.5) is 0 Å². The number of aromatic nitrogens is 1. The van der Waals surface area contributed by atoms with Crippen molar-refractivity contribution in [1.29, 1.82) is 0 Å². The van der Waals surface area contributed by atoms with Gasteiger partial charge in [-0.1, -0.05) is 90.7 Å². The number of benzene rings is 5. The second-order valence-electron chi connectivity index (χ2n) is 8.25. The van der Waals surface area contributed by atoms with Crippen molar-refractivity contribution in [3.63, 3.8) is 0 Å². The molecule has 6 aromatic rings. The third-order valence-corrected chi connectivity index (χ3v) is 11.5. The molecular formula is C28H18NPS. The van der Waals surface area contributed by atoms with E-state index in [1.165, 1.54) is 59.6 Å². The van der Waals surface area contributed by atoms with E-state index < -0.39 is 6.04 Å². The molecule has 1 N–H and O–H groups in total. The van der Waals surface area contributed by atoms with Crippen LogP contribution in [0.25, 0.3) is 43.7 Å². The summed E-state index contributed by atoms with van der Waals surface area (Å²) in [6.07, 6.45) is 0. The monoisotopic (exact) mass is 431 g/mol. The molecule has 3 heteroatoms. The van der Waals surface area contributed by atoms with E-state index in [1.807, 2.05) is 0 Å². The van der Waals surface area contributed by atoms with Crippen molar-refractivity contribution >= 4 is 66.3 Å². The topological polar surface area (TPSA) is 15.8 Å². The van der Waals surface area contributed by atoms with E-state index in [9.17, 15) is 0 Å². The van der Waals surface area contributed by atoms with Gasteiger partial charge in [-0.2, -0.15) is 0 Å². The van der Waals surface area contributed by atoms with Gasteiger partial charge in [0.05, 0.1) is 0 Å². The Bertz CT molecular complexity index is 1710.